The third-order valence-electron chi connectivity index (χ3n) is 4.21. The molecule has 132 valence electrons. The van der Waals surface area contributed by atoms with Crippen molar-refractivity contribution in [3.8, 4) is 5.75 Å². The first-order chi connectivity index (χ1) is 12.1. The van der Waals surface area contributed by atoms with Crippen molar-refractivity contribution in [2.75, 3.05) is 38.2 Å². The Balaban J connectivity index is 1.68. The lowest BCUT2D eigenvalue weighted by atomic mass is 10.2. The van der Waals surface area contributed by atoms with Crippen molar-refractivity contribution >= 4 is 17.6 Å². The van der Waals surface area contributed by atoms with Crippen LogP contribution in [0, 0.1) is 13.8 Å². The summed E-state index contributed by atoms with van der Waals surface area (Å²) < 4.78 is 5.45. The van der Waals surface area contributed by atoms with Crippen LogP contribution in [0.1, 0.15) is 11.4 Å². The lowest BCUT2D eigenvalue weighted by Crippen LogP contribution is -2.51. The second-order valence-electron chi connectivity index (χ2n) is 6.07. The topological polar surface area (TPSA) is 79.9 Å². The molecule has 0 aliphatic carbocycles. The van der Waals surface area contributed by atoms with Crippen molar-refractivity contribution in [3.63, 3.8) is 0 Å². The number of aliphatic imine (C=N–C) groups is 1. The van der Waals surface area contributed by atoms with Crippen molar-refractivity contribution in [2.45, 2.75) is 13.8 Å². The van der Waals surface area contributed by atoms with Gasteiger partial charge < -0.3 is 20.3 Å². The van der Waals surface area contributed by atoms with E-state index in [9.17, 15) is 0 Å². The zero-order chi connectivity index (χ0) is 17.8. The monoisotopic (exact) mass is 340 g/mol. The lowest BCUT2D eigenvalue weighted by Gasteiger charge is -2.37. The maximum absolute atomic E-state index is 6.17. The largest absolute Gasteiger partial charge is 0.495 e. The average molecular weight is 340 g/mol. The number of aromatic nitrogens is 2. The molecule has 0 amide bonds. The Hall–Kier alpha value is -2.83. The highest BCUT2D eigenvalue weighted by atomic mass is 16.5. The summed E-state index contributed by atoms with van der Waals surface area (Å²) in [5, 5.41) is 0. The number of anilines is 1. The van der Waals surface area contributed by atoms with Crippen LogP contribution in [0.25, 0.3) is 0 Å². The molecule has 0 bridgehead atoms. The molecule has 0 radical (unpaired) electrons. The van der Waals surface area contributed by atoms with Crippen LogP contribution in [0.3, 0.4) is 0 Å². The van der Waals surface area contributed by atoms with E-state index < -0.39 is 0 Å². The number of piperazine rings is 1. The highest BCUT2D eigenvalue weighted by Gasteiger charge is 2.20. The van der Waals surface area contributed by atoms with Crippen LogP contribution in [0.2, 0.25) is 0 Å². The maximum Gasteiger partial charge on any atom is 0.253 e. The summed E-state index contributed by atoms with van der Waals surface area (Å²) in [6.07, 6.45) is 0. The molecule has 7 heteroatoms. The highest BCUT2D eigenvalue weighted by Crippen LogP contribution is 2.28. The molecular formula is C18H24N6O. The minimum atomic E-state index is 0.419. The van der Waals surface area contributed by atoms with E-state index in [1.807, 2.05) is 38.1 Å². The van der Waals surface area contributed by atoms with Gasteiger partial charge in [0, 0.05) is 37.6 Å². The van der Waals surface area contributed by atoms with Gasteiger partial charge in [0.05, 0.1) is 12.8 Å². The zero-order valence-electron chi connectivity index (χ0n) is 14.9. The molecule has 0 unspecified atom stereocenters. The van der Waals surface area contributed by atoms with Crippen LogP contribution < -0.4 is 15.4 Å². The van der Waals surface area contributed by atoms with Gasteiger partial charge in [-0.2, -0.15) is 4.99 Å². The minimum Gasteiger partial charge on any atom is -0.495 e. The van der Waals surface area contributed by atoms with Crippen molar-refractivity contribution in [1.29, 1.82) is 0 Å². The SMILES string of the molecule is COc1ccccc1N1CCN(/C(N)=N\c2nc(C)cc(C)n2)CC1. The summed E-state index contributed by atoms with van der Waals surface area (Å²) >= 11 is 0. The number of rotatable bonds is 3. The van der Waals surface area contributed by atoms with Crippen LogP contribution in [0.15, 0.2) is 35.3 Å². The van der Waals surface area contributed by atoms with Gasteiger partial charge in [-0.05, 0) is 32.0 Å². The number of aryl methyl sites for hydroxylation is 2. The predicted molar refractivity (Wildman–Crippen MR) is 99.6 cm³/mol. The number of nitrogens with zero attached hydrogens (tertiary/aromatic N) is 5. The maximum atomic E-state index is 6.17. The third-order valence-corrected chi connectivity index (χ3v) is 4.21. The number of benzene rings is 1. The summed E-state index contributed by atoms with van der Waals surface area (Å²) in [6, 6.07) is 9.98. The van der Waals surface area contributed by atoms with E-state index in [0.29, 0.717) is 11.9 Å². The molecule has 25 heavy (non-hydrogen) atoms. The van der Waals surface area contributed by atoms with Gasteiger partial charge in [-0.3, -0.25) is 0 Å². The molecule has 0 saturated carbocycles. The number of para-hydroxylation sites is 2. The minimum absolute atomic E-state index is 0.419. The van der Waals surface area contributed by atoms with E-state index in [0.717, 1.165) is 49.0 Å². The summed E-state index contributed by atoms with van der Waals surface area (Å²) in [5.41, 5.74) is 9.06. The molecular weight excluding hydrogens is 316 g/mol. The first kappa shape index (κ1) is 17.0. The molecule has 7 nitrogen and oxygen atoms in total. The number of nitrogens with two attached hydrogens (primary N) is 1. The molecule has 3 rings (SSSR count). The summed E-state index contributed by atoms with van der Waals surface area (Å²) in [6.45, 7) is 7.14. The van der Waals surface area contributed by atoms with Gasteiger partial charge in [0.2, 0.25) is 0 Å². The van der Waals surface area contributed by atoms with Crippen LogP contribution in [-0.4, -0.2) is 54.1 Å². The van der Waals surface area contributed by atoms with Crippen LogP contribution in [-0.2, 0) is 0 Å². The summed E-state index contributed by atoms with van der Waals surface area (Å²) in [5.74, 6) is 1.77. The third kappa shape index (κ3) is 3.99. The van der Waals surface area contributed by atoms with Crippen molar-refractivity contribution in [3.05, 3.63) is 41.7 Å². The molecule has 1 fully saturated rings. The van der Waals surface area contributed by atoms with Gasteiger partial charge in [-0.1, -0.05) is 12.1 Å². The van der Waals surface area contributed by atoms with Crippen LogP contribution in [0.5, 0.6) is 5.75 Å². The number of guanidine groups is 1. The number of hydrogen-bond donors (Lipinski definition) is 1. The van der Waals surface area contributed by atoms with E-state index in [1.165, 1.54) is 0 Å². The molecule has 1 aromatic heterocycles. The Bertz CT molecular complexity index is 748. The molecule has 1 aromatic carbocycles. The standard InChI is InChI=1S/C18H24N6O/c1-13-12-14(2)21-18(20-13)22-17(19)24-10-8-23(9-11-24)15-6-4-5-7-16(15)25-3/h4-7,12H,8-11H2,1-3H3,(H2,19,20,21,22). The van der Waals surface area contributed by atoms with Crippen molar-refractivity contribution < 1.29 is 4.74 Å². The predicted octanol–water partition coefficient (Wildman–Crippen LogP) is 1.87. The van der Waals surface area contributed by atoms with Gasteiger partial charge in [-0.25, -0.2) is 9.97 Å². The molecule has 2 aromatic rings. The number of methoxy groups -OCH3 is 1. The molecule has 2 heterocycles. The van der Waals surface area contributed by atoms with Crippen LogP contribution in [0.4, 0.5) is 11.6 Å². The Kier molecular flexibility index (Phi) is 5.02. The second-order valence-corrected chi connectivity index (χ2v) is 6.07. The van der Waals surface area contributed by atoms with Gasteiger partial charge in [-0.15, -0.1) is 0 Å². The zero-order valence-corrected chi connectivity index (χ0v) is 14.9. The summed E-state index contributed by atoms with van der Waals surface area (Å²) in [7, 11) is 1.70. The normalized spacial score (nSPS) is 15.4. The van der Waals surface area contributed by atoms with Gasteiger partial charge in [0.25, 0.3) is 5.95 Å². The van der Waals surface area contributed by atoms with Gasteiger partial charge in [0.1, 0.15) is 5.75 Å². The fourth-order valence-electron chi connectivity index (χ4n) is 3.00. The van der Waals surface area contributed by atoms with Crippen molar-refractivity contribution in [1.82, 2.24) is 14.9 Å². The van der Waals surface area contributed by atoms with E-state index in [1.54, 1.807) is 7.11 Å². The lowest BCUT2D eigenvalue weighted by molar-refractivity contribution is 0.375. The summed E-state index contributed by atoms with van der Waals surface area (Å²) in [4.78, 5) is 17.4. The van der Waals surface area contributed by atoms with E-state index in [2.05, 4.69) is 30.8 Å². The second kappa shape index (κ2) is 7.38. The van der Waals surface area contributed by atoms with E-state index >= 15 is 0 Å². The molecule has 1 saturated heterocycles. The Morgan fingerprint density at radius 1 is 1.08 bits per heavy atom. The van der Waals surface area contributed by atoms with E-state index in [-0.39, 0.29) is 0 Å². The Morgan fingerprint density at radius 3 is 2.36 bits per heavy atom. The number of ether oxygens (including phenoxy) is 1. The highest BCUT2D eigenvalue weighted by molar-refractivity contribution is 5.80. The first-order valence-corrected chi connectivity index (χ1v) is 8.36. The first-order valence-electron chi connectivity index (χ1n) is 8.36. The van der Waals surface area contributed by atoms with E-state index in [4.69, 9.17) is 10.5 Å². The molecule has 1 aliphatic rings. The molecule has 1 aliphatic heterocycles. The quantitative estimate of drug-likeness (QED) is 0.679. The van der Waals surface area contributed by atoms with Gasteiger partial charge >= 0.3 is 0 Å². The van der Waals surface area contributed by atoms with Crippen LogP contribution >= 0.6 is 0 Å². The average Bonchev–Trinajstić information content (AvgIpc) is 2.61. The molecule has 0 spiro atoms. The number of hydrogen-bond acceptors (Lipinski definition) is 5. The Morgan fingerprint density at radius 2 is 1.72 bits per heavy atom. The molecule has 2 N–H and O–H groups in total. The molecule has 0 atom stereocenters. The van der Waals surface area contributed by atoms with Gasteiger partial charge in [0.15, 0.2) is 5.96 Å². The smallest absolute Gasteiger partial charge is 0.253 e. The fourth-order valence-corrected chi connectivity index (χ4v) is 3.00. The fraction of sp³-hybridized carbons (Fsp3) is 0.389. The Labute approximate surface area is 148 Å². The van der Waals surface area contributed by atoms with Crippen molar-refractivity contribution in [2.24, 2.45) is 10.7 Å².